The summed E-state index contributed by atoms with van der Waals surface area (Å²) in [5.41, 5.74) is 1.50. The fourth-order valence-electron chi connectivity index (χ4n) is 4.99. The Morgan fingerprint density at radius 3 is 2.24 bits per heavy atom. The highest BCUT2D eigenvalue weighted by Gasteiger charge is 2.34. The molecule has 1 aliphatic carbocycles. The minimum Gasteiger partial charge on any atom is -0.352 e. The summed E-state index contributed by atoms with van der Waals surface area (Å²) in [6.45, 7) is -0.649. The van der Waals surface area contributed by atoms with Crippen LogP contribution in [0.2, 0.25) is 10.0 Å². The molecule has 41 heavy (non-hydrogen) atoms. The van der Waals surface area contributed by atoms with E-state index >= 15 is 0 Å². The summed E-state index contributed by atoms with van der Waals surface area (Å²) < 4.78 is 40.4. The van der Waals surface area contributed by atoms with Crippen molar-refractivity contribution in [2.45, 2.75) is 50.7 Å². The summed E-state index contributed by atoms with van der Waals surface area (Å²) in [4.78, 5) is 29.3. The molecule has 3 aromatic carbocycles. The summed E-state index contributed by atoms with van der Waals surface area (Å²) in [5, 5.41) is 3.46. The van der Waals surface area contributed by atoms with Crippen molar-refractivity contribution in [1.82, 2.24) is 10.2 Å². The van der Waals surface area contributed by atoms with Gasteiger partial charge in [0.15, 0.2) is 0 Å². The van der Waals surface area contributed by atoms with Crippen molar-refractivity contribution in [2.24, 2.45) is 0 Å². The topological polar surface area (TPSA) is 86.8 Å². The highest BCUT2D eigenvalue weighted by molar-refractivity contribution is 7.92. The van der Waals surface area contributed by atoms with Gasteiger partial charge in [0.2, 0.25) is 21.8 Å². The number of amides is 2. The third-order valence-electron chi connectivity index (χ3n) is 7.10. The number of nitrogens with one attached hydrogen (secondary N) is 1. The van der Waals surface area contributed by atoms with Gasteiger partial charge in [-0.25, -0.2) is 12.8 Å². The molecule has 1 atom stereocenters. The average Bonchev–Trinajstić information content (AvgIpc) is 3.43. The Bertz CT molecular complexity index is 1470. The van der Waals surface area contributed by atoms with E-state index in [1.54, 1.807) is 0 Å². The Balaban J connectivity index is 1.73. The van der Waals surface area contributed by atoms with E-state index in [1.807, 2.05) is 30.3 Å². The van der Waals surface area contributed by atoms with E-state index in [4.69, 9.17) is 23.2 Å². The van der Waals surface area contributed by atoms with E-state index in [-0.39, 0.29) is 35.6 Å². The monoisotopic (exact) mass is 619 g/mol. The predicted molar refractivity (Wildman–Crippen MR) is 160 cm³/mol. The molecule has 0 spiro atoms. The fraction of sp³-hybridized carbons (Fsp3) is 0.333. The molecule has 0 saturated heterocycles. The maximum atomic E-state index is 14.1. The predicted octanol–water partition coefficient (Wildman–Crippen LogP) is 5.60. The summed E-state index contributed by atoms with van der Waals surface area (Å²) in [7, 11) is -3.98. The molecule has 0 heterocycles. The second kappa shape index (κ2) is 13.7. The molecule has 0 aromatic heterocycles. The zero-order valence-electron chi connectivity index (χ0n) is 22.6. The van der Waals surface area contributed by atoms with E-state index < -0.39 is 34.3 Å². The Morgan fingerprint density at radius 1 is 0.976 bits per heavy atom. The third-order valence-corrected chi connectivity index (χ3v) is 8.76. The Hall–Kier alpha value is -3.14. The highest BCUT2D eigenvalue weighted by Crippen LogP contribution is 2.31. The number of carbonyl (C=O) groups excluding carboxylic acids is 2. The van der Waals surface area contributed by atoms with Gasteiger partial charge in [-0.3, -0.25) is 13.9 Å². The molecule has 0 bridgehead atoms. The minimum absolute atomic E-state index is 0.00365. The molecule has 218 valence electrons. The van der Waals surface area contributed by atoms with Crippen molar-refractivity contribution >= 4 is 50.7 Å². The molecule has 2 amide bonds. The molecule has 0 aliphatic heterocycles. The molecule has 1 fully saturated rings. The quantitative estimate of drug-likeness (QED) is 0.303. The van der Waals surface area contributed by atoms with Crippen molar-refractivity contribution in [3.05, 3.63) is 99.8 Å². The van der Waals surface area contributed by atoms with E-state index in [0.717, 1.165) is 41.8 Å². The molecular formula is C30H32Cl2FN3O4S. The van der Waals surface area contributed by atoms with Gasteiger partial charge < -0.3 is 10.2 Å². The lowest BCUT2D eigenvalue weighted by Gasteiger charge is -2.34. The molecule has 7 nitrogen and oxygen atoms in total. The first-order valence-corrected chi connectivity index (χ1v) is 15.9. The van der Waals surface area contributed by atoms with Crippen LogP contribution in [0, 0.1) is 5.82 Å². The van der Waals surface area contributed by atoms with Crippen LogP contribution >= 0.6 is 23.2 Å². The lowest BCUT2D eigenvalue weighted by Crippen LogP contribution is -2.54. The molecule has 11 heteroatoms. The number of halogens is 3. The van der Waals surface area contributed by atoms with Gasteiger partial charge >= 0.3 is 0 Å². The van der Waals surface area contributed by atoms with Crippen LogP contribution in [-0.4, -0.2) is 50.0 Å². The van der Waals surface area contributed by atoms with E-state index in [0.29, 0.717) is 10.6 Å². The first-order valence-electron chi connectivity index (χ1n) is 13.3. The SMILES string of the molecule is CS(=O)(=O)N(CC(=O)N(Cc1ccc(F)cc1)[C@@H](Cc1ccccc1)C(=O)NC1CCCC1)c1ccc(Cl)cc1Cl. The standard InChI is InChI=1S/C30H32Cl2FN3O4S/c1-41(39,40)36(27-16-13-23(31)18-26(27)32)20-29(37)35(19-22-11-14-24(33)15-12-22)28(17-21-7-3-2-4-8-21)30(38)34-25-9-5-6-10-25/h2-4,7-8,11-16,18,25,28H,5-6,9-10,17,19-20H2,1H3,(H,34,38)/t28-/m0/s1. The average molecular weight is 621 g/mol. The number of hydrogen-bond acceptors (Lipinski definition) is 4. The summed E-state index contributed by atoms with van der Waals surface area (Å²) in [5.74, 6) is -1.38. The summed E-state index contributed by atoms with van der Waals surface area (Å²) in [6.07, 6.45) is 4.91. The normalized spacial score (nSPS) is 14.4. The van der Waals surface area contributed by atoms with E-state index in [9.17, 15) is 22.4 Å². The van der Waals surface area contributed by atoms with Crippen molar-refractivity contribution in [2.75, 3.05) is 17.1 Å². The van der Waals surface area contributed by atoms with Crippen molar-refractivity contribution < 1.29 is 22.4 Å². The van der Waals surface area contributed by atoms with Gasteiger partial charge in [-0.05, 0) is 54.3 Å². The first-order chi connectivity index (χ1) is 19.5. The fourth-order valence-corrected chi connectivity index (χ4v) is 6.41. The van der Waals surface area contributed by atoms with Crippen LogP contribution in [0.5, 0.6) is 0 Å². The molecule has 0 unspecified atom stereocenters. The molecule has 3 aromatic rings. The Kier molecular flexibility index (Phi) is 10.3. The van der Waals surface area contributed by atoms with Crippen LogP contribution in [0.3, 0.4) is 0 Å². The largest absolute Gasteiger partial charge is 0.352 e. The zero-order valence-corrected chi connectivity index (χ0v) is 24.9. The van der Waals surface area contributed by atoms with Crippen LogP contribution in [-0.2, 0) is 32.6 Å². The maximum absolute atomic E-state index is 14.1. The summed E-state index contributed by atoms with van der Waals surface area (Å²) in [6, 6.07) is 18.3. The summed E-state index contributed by atoms with van der Waals surface area (Å²) >= 11 is 12.4. The van der Waals surface area contributed by atoms with Gasteiger partial charge in [0.05, 0.1) is 17.0 Å². The second-order valence-electron chi connectivity index (χ2n) is 10.2. The number of sulfonamides is 1. The van der Waals surface area contributed by atoms with Gasteiger partial charge in [0, 0.05) is 24.0 Å². The van der Waals surface area contributed by atoms with Crippen LogP contribution in [0.25, 0.3) is 0 Å². The molecule has 1 aliphatic rings. The highest BCUT2D eigenvalue weighted by atomic mass is 35.5. The number of nitrogens with zero attached hydrogens (tertiary/aromatic N) is 2. The van der Waals surface area contributed by atoms with Crippen molar-refractivity contribution in [3.8, 4) is 0 Å². The van der Waals surface area contributed by atoms with Gasteiger partial charge in [-0.2, -0.15) is 0 Å². The van der Waals surface area contributed by atoms with Gasteiger partial charge in [0.1, 0.15) is 18.4 Å². The Morgan fingerprint density at radius 2 is 1.63 bits per heavy atom. The van der Waals surface area contributed by atoms with Crippen LogP contribution in [0.1, 0.15) is 36.8 Å². The lowest BCUT2D eigenvalue weighted by atomic mass is 10.0. The van der Waals surface area contributed by atoms with Crippen molar-refractivity contribution in [1.29, 1.82) is 0 Å². The zero-order chi connectivity index (χ0) is 29.6. The van der Waals surface area contributed by atoms with E-state index in [2.05, 4.69) is 5.32 Å². The molecule has 4 rings (SSSR count). The number of rotatable bonds is 11. The lowest BCUT2D eigenvalue weighted by molar-refractivity contribution is -0.140. The number of anilines is 1. The molecular weight excluding hydrogens is 588 g/mol. The van der Waals surface area contributed by atoms with Gasteiger partial charge in [0.25, 0.3) is 0 Å². The van der Waals surface area contributed by atoms with Crippen LogP contribution in [0.4, 0.5) is 10.1 Å². The van der Waals surface area contributed by atoms with Crippen LogP contribution < -0.4 is 9.62 Å². The number of benzene rings is 3. The van der Waals surface area contributed by atoms with Crippen molar-refractivity contribution in [3.63, 3.8) is 0 Å². The number of hydrogen-bond donors (Lipinski definition) is 1. The second-order valence-corrected chi connectivity index (χ2v) is 13.0. The molecule has 1 saturated carbocycles. The smallest absolute Gasteiger partial charge is 0.244 e. The maximum Gasteiger partial charge on any atom is 0.244 e. The molecule has 1 N–H and O–H groups in total. The Labute approximate surface area is 250 Å². The molecule has 0 radical (unpaired) electrons. The van der Waals surface area contributed by atoms with E-state index in [1.165, 1.54) is 47.4 Å². The van der Waals surface area contributed by atoms with Gasteiger partial charge in [-0.1, -0.05) is 78.5 Å². The number of carbonyl (C=O) groups is 2. The minimum atomic E-state index is -3.98. The van der Waals surface area contributed by atoms with Crippen LogP contribution in [0.15, 0.2) is 72.8 Å². The third kappa shape index (κ3) is 8.44. The first kappa shape index (κ1) is 30.8. The van der Waals surface area contributed by atoms with Gasteiger partial charge in [-0.15, -0.1) is 0 Å².